The monoisotopic (exact) mass is 496 g/mol. The molecule has 0 amide bonds. The van der Waals surface area contributed by atoms with Gasteiger partial charge < -0.3 is 15.2 Å². The predicted octanol–water partition coefficient (Wildman–Crippen LogP) is 3.74. The third kappa shape index (κ3) is 7.07. The van der Waals surface area contributed by atoms with E-state index in [4.69, 9.17) is 4.99 Å². The highest BCUT2D eigenvalue weighted by Gasteiger charge is 2.15. The van der Waals surface area contributed by atoms with Crippen molar-refractivity contribution in [3.8, 4) is 0 Å². The molecular weight excluding hydrogens is 463 g/mol. The molecule has 2 N–H and O–H groups in total. The summed E-state index contributed by atoms with van der Waals surface area (Å²) in [5.74, 6) is 2.70. The number of nitrogens with zero attached hydrogens (tertiary/aromatic N) is 4. The van der Waals surface area contributed by atoms with Gasteiger partial charge in [-0.2, -0.15) is 0 Å². The standard InChI is InChI=1S/C21H32N6.HI/c1-17-25-26-20(27(17)2)16-23-21(24-19-13-7-4-8-14-19)22-15-9-12-18-10-5-3-6-11-18;/h3,5-6,10-11,19H,4,7-9,12-16H2,1-2H3,(H2,22,23,24);1H. The summed E-state index contributed by atoms with van der Waals surface area (Å²) >= 11 is 0. The van der Waals surface area contributed by atoms with Gasteiger partial charge in [-0.25, -0.2) is 4.99 Å². The van der Waals surface area contributed by atoms with E-state index in [1.165, 1.54) is 37.7 Å². The Hall–Kier alpha value is -1.64. The highest BCUT2D eigenvalue weighted by molar-refractivity contribution is 14.0. The Bertz CT molecular complexity index is 722. The fourth-order valence-corrected chi connectivity index (χ4v) is 3.48. The van der Waals surface area contributed by atoms with Crippen molar-refractivity contribution in [2.24, 2.45) is 12.0 Å². The van der Waals surface area contributed by atoms with E-state index in [0.29, 0.717) is 12.6 Å². The van der Waals surface area contributed by atoms with Gasteiger partial charge in [0.05, 0.1) is 0 Å². The number of halogens is 1. The molecule has 0 atom stereocenters. The van der Waals surface area contributed by atoms with E-state index >= 15 is 0 Å². The van der Waals surface area contributed by atoms with E-state index in [1.54, 1.807) is 0 Å². The minimum absolute atomic E-state index is 0. The topological polar surface area (TPSA) is 67.1 Å². The zero-order valence-electron chi connectivity index (χ0n) is 17.0. The van der Waals surface area contributed by atoms with Gasteiger partial charge >= 0.3 is 0 Å². The number of aryl methyl sites for hydroxylation is 2. The van der Waals surface area contributed by atoms with Gasteiger partial charge in [0.2, 0.25) is 0 Å². The molecule has 28 heavy (non-hydrogen) atoms. The minimum atomic E-state index is 0. The van der Waals surface area contributed by atoms with Gasteiger partial charge in [-0.3, -0.25) is 0 Å². The smallest absolute Gasteiger partial charge is 0.191 e. The van der Waals surface area contributed by atoms with Crippen molar-refractivity contribution in [3.63, 3.8) is 0 Å². The van der Waals surface area contributed by atoms with Crippen LogP contribution in [0.4, 0.5) is 0 Å². The molecule has 0 aliphatic heterocycles. The van der Waals surface area contributed by atoms with Crippen LogP contribution in [0.15, 0.2) is 35.3 Å². The molecule has 1 aliphatic carbocycles. The molecule has 0 radical (unpaired) electrons. The van der Waals surface area contributed by atoms with Gasteiger partial charge in [0.1, 0.15) is 12.4 Å². The number of hydrogen-bond acceptors (Lipinski definition) is 3. The third-order valence-corrected chi connectivity index (χ3v) is 5.28. The first-order chi connectivity index (χ1) is 13.2. The van der Waals surface area contributed by atoms with Crippen molar-refractivity contribution >= 4 is 29.9 Å². The van der Waals surface area contributed by atoms with E-state index in [9.17, 15) is 0 Å². The molecular formula is C21H33IN6. The zero-order chi connectivity index (χ0) is 18.9. The highest BCUT2D eigenvalue weighted by Crippen LogP contribution is 2.17. The molecule has 7 heteroatoms. The Labute approximate surface area is 185 Å². The fraction of sp³-hybridized carbons (Fsp3) is 0.571. The highest BCUT2D eigenvalue weighted by atomic mass is 127. The first kappa shape index (κ1) is 22.6. The van der Waals surface area contributed by atoms with Crippen molar-refractivity contribution in [1.29, 1.82) is 0 Å². The molecule has 1 aliphatic rings. The maximum absolute atomic E-state index is 4.78. The van der Waals surface area contributed by atoms with Crippen molar-refractivity contribution in [3.05, 3.63) is 47.5 Å². The van der Waals surface area contributed by atoms with Gasteiger partial charge in [0.15, 0.2) is 11.8 Å². The van der Waals surface area contributed by atoms with Crippen LogP contribution in [0.5, 0.6) is 0 Å². The molecule has 1 aromatic carbocycles. The number of hydrogen-bond donors (Lipinski definition) is 2. The second kappa shape index (κ2) is 12.0. The lowest BCUT2D eigenvalue weighted by molar-refractivity contribution is 0.409. The summed E-state index contributed by atoms with van der Waals surface area (Å²) < 4.78 is 2.00. The normalized spacial score (nSPS) is 15.1. The Kier molecular flexibility index (Phi) is 9.73. The van der Waals surface area contributed by atoms with Crippen LogP contribution in [-0.4, -0.2) is 33.3 Å². The molecule has 1 fully saturated rings. The summed E-state index contributed by atoms with van der Waals surface area (Å²) in [6.07, 6.45) is 8.59. The molecule has 3 rings (SSSR count). The summed E-state index contributed by atoms with van der Waals surface area (Å²) in [5.41, 5.74) is 1.38. The molecule has 1 aromatic heterocycles. The number of guanidine groups is 1. The lowest BCUT2D eigenvalue weighted by Crippen LogP contribution is -2.44. The summed E-state index contributed by atoms with van der Waals surface area (Å²) in [6, 6.07) is 11.2. The average molecular weight is 496 g/mol. The Morgan fingerprint density at radius 1 is 1.14 bits per heavy atom. The Balaban J connectivity index is 0.00000280. The molecule has 0 spiro atoms. The molecule has 154 valence electrons. The lowest BCUT2D eigenvalue weighted by atomic mass is 9.96. The number of nitrogens with one attached hydrogen (secondary N) is 2. The van der Waals surface area contributed by atoms with E-state index < -0.39 is 0 Å². The van der Waals surface area contributed by atoms with Crippen LogP contribution in [0.3, 0.4) is 0 Å². The van der Waals surface area contributed by atoms with Crippen LogP contribution in [0.1, 0.15) is 55.7 Å². The maximum atomic E-state index is 4.78. The number of aromatic nitrogens is 3. The summed E-state index contributed by atoms with van der Waals surface area (Å²) in [7, 11) is 1.99. The van der Waals surface area contributed by atoms with E-state index in [-0.39, 0.29) is 24.0 Å². The van der Waals surface area contributed by atoms with E-state index in [1.807, 2.05) is 18.5 Å². The molecule has 0 unspecified atom stereocenters. The molecule has 1 heterocycles. The van der Waals surface area contributed by atoms with E-state index in [0.717, 1.165) is 37.0 Å². The zero-order valence-corrected chi connectivity index (χ0v) is 19.4. The maximum Gasteiger partial charge on any atom is 0.191 e. The first-order valence-electron chi connectivity index (χ1n) is 10.2. The van der Waals surface area contributed by atoms with Crippen molar-refractivity contribution in [1.82, 2.24) is 25.4 Å². The van der Waals surface area contributed by atoms with Crippen LogP contribution in [-0.2, 0) is 20.0 Å². The second-order valence-corrected chi connectivity index (χ2v) is 7.38. The number of benzene rings is 1. The first-order valence-corrected chi connectivity index (χ1v) is 10.2. The number of aliphatic imine (C=N–C) groups is 1. The van der Waals surface area contributed by atoms with Gasteiger partial charge in [-0.05, 0) is 38.2 Å². The van der Waals surface area contributed by atoms with Crippen LogP contribution >= 0.6 is 24.0 Å². The van der Waals surface area contributed by atoms with Gasteiger partial charge in [0, 0.05) is 19.6 Å². The van der Waals surface area contributed by atoms with Gasteiger partial charge in [-0.15, -0.1) is 34.2 Å². The van der Waals surface area contributed by atoms with Crippen LogP contribution in [0.25, 0.3) is 0 Å². The number of rotatable bonds is 7. The van der Waals surface area contributed by atoms with Crippen molar-refractivity contribution in [2.45, 2.75) is 64.5 Å². The van der Waals surface area contributed by atoms with Gasteiger partial charge in [-0.1, -0.05) is 49.6 Å². The third-order valence-electron chi connectivity index (χ3n) is 5.28. The molecule has 6 nitrogen and oxygen atoms in total. The molecule has 0 saturated heterocycles. The quantitative estimate of drug-likeness (QED) is 0.265. The van der Waals surface area contributed by atoms with Crippen LogP contribution in [0.2, 0.25) is 0 Å². The van der Waals surface area contributed by atoms with Crippen LogP contribution in [0, 0.1) is 6.92 Å². The van der Waals surface area contributed by atoms with Gasteiger partial charge in [0.25, 0.3) is 0 Å². The fourth-order valence-electron chi connectivity index (χ4n) is 3.48. The Morgan fingerprint density at radius 3 is 2.57 bits per heavy atom. The van der Waals surface area contributed by atoms with Crippen LogP contribution < -0.4 is 10.6 Å². The Morgan fingerprint density at radius 2 is 1.89 bits per heavy atom. The summed E-state index contributed by atoms with van der Waals surface area (Å²) in [4.78, 5) is 4.78. The van der Waals surface area contributed by atoms with Crippen molar-refractivity contribution in [2.75, 3.05) is 6.54 Å². The SMILES string of the molecule is Cc1nnc(CN=C(NCCCc2ccccc2)NC2CCCCC2)n1C.I. The average Bonchev–Trinajstić information content (AvgIpc) is 3.03. The predicted molar refractivity (Wildman–Crippen MR) is 125 cm³/mol. The summed E-state index contributed by atoms with van der Waals surface area (Å²) in [5, 5.41) is 15.5. The molecule has 1 saturated carbocycles. The second-order valence-electron chi connectivity index (χ2n) is 7.38. The lowest BCUT2D eigenvalue weighted by Gasteiger charge is -2.25. The van der Waals surface area contributed by atoms with E-state index in [2.05, 4.69) is 51.2 Å². The van der Waals surface area contributed by atoms with Crippen molar-refractivity contribution < 1.29 is 0 Å². The molecule has 2 aromatic rings. The summed E-state index contributed by atoms with van der Waals surface area (Å²) in [6.45, 7) is 3.41. The minimum Gasteiger partial charge on any atom is -0.356 e. The molecule has 0 bridgehead atoms. The largest absolute Gasteiger partial charge is 0.356 e.